The monoisotopic (exact) mass is 438 g/mol. The molecule has 1 aromatic heterocycles. The number of carbonyl (C=O) groups is 1. The Hall–Kier alpha value is -3.59. The van der Waals surface area contributed by atoms with Gasteiger partial charge in [-0.2, -0.15) is 5.10 Å². The Morgan fingerprint density at radius 2 is 1.91 bits per heavy atom. The average Bonchev–Trinajstić information content (AvgIpc) is 3.14. The molecule has 4 rings (SSSR count). The van der Waals surface area contributed by atoms with Crippen LogP contribution in [0.15, 0.2) is 59.4 Å². The minimum Gasteiger partial charge on any atom is -0.493 e. The number of methoxy groups -OCH3 is 1. The van der Waals surface area contributed by atoms with E-state index in [1.54, 1.807) is 11.7 Å². The smallest absolute Gasteiger partial charge is 0.346 e. The summed E-state index contributed by atoms with van der Waals surface area (Å²) in [6.07, 6.45) is -0.486. The van der Waals surface area contributed by atoms with E-state index in [1.807, 2.05) is 54.6 Å². The highest BCUT2D eigenvalue weighted by Gasteiger charge is 2.28. The molecule has 2 aromatic carbocycles. The molecule has 1 N–H and O–H groups in total. The zero-order valence-corrected chi connectivity index (χ0v) is 17.9. The number of rotatable bonds is 9. The van der Waals surface area contributed by atoms with Crippen LogP contribution in [0.1, 0.15) is 23.9 Å². The van der Waals surface area contributed by atoms with Gasteiger partial charge in [0.2, 0.25) is 5.91 Å². The van der Waals surface area contributed by atoms with E-state index in [0.717, 1.165) is 5.56 Å². The van der Waals surface area contributed by atoms with Gasteiger partial charge in [0, 0.05) is 0 Å². The molecule has 9 nitrogen and oxygen atoms in total. The average molecular weight is 438 g/mol. The van der Waals surface area contributed by atoms with E-state index in [2.05, 4.69) is 10.4 Å². The van der Waals surface area contributed by atoms with Crippen LogP contribution in [-0.2, 0) is 22.6 Å². The lowest BCUT2D eigenvalue weighted by Gasteiger charge is -2.22. The first-order chi connectivity index (χ1) is 15.7. The third-order valence-electron chi connectivity index (χ3n) is 5.17. The van der Waals surface area contributed by atoms with E-state index in [4.69, 9.17) is 14.2 Å². The van der Waals surface area contributed by atoms with E-state index in [0.29, 0.717) is 50.2 Å². The molecule has 0 radical (unpaired) electrons. The molecule has 1 atom stereocenters. The molecule has 1 amide bonds. The number of hydrogen-bond donors (Lipinski definition) is 1. The number of carbonyl (C=O) groups excluding carboxylic acids is 1. The third kappa shape index (κ3) is 5.00. The minimum atomic E-state index is -0.566. The molecule has 3 aromatic rings. The van der Waals surface area contributed by atoms with Gasteiger partial charge in [0.25, 0.3) is 0 Å². The van der Waals surface area contributed by atoms with Crippen molar-refractivity contribution in [1.29, 1.82) is 0 Å². The standard InChI is InChI=1S/C23H26N4O5/c1-30-18-9-5-6-10-19(18)31-13-11-24-21(28)15-20-22-25-27(16-17-7-3-2-4-8-17)23(29)26(22)12-14-32-20/h2-10,20H,11-16H2,1H3,(H,24,28). The zero-order valence-electron chi connectivity index (χ0n) is 17.9. The largest absolute Gasteiger partial charge is 0.493 e. The Morgan fingerprint density at radius 3 is 2.69 bits per heavy atom. The van der Waals surface area contributed by atoms with Crippen LogP contribution in [0.2, 0.25) is 0 Å². The van der Waals surface area contributed by atoms with Gasteiger partial charge < -0.3 is 19.5 Å². The first-order valence-corrected chi connectivity index (χ1v) is 10.5. The quantitative estimate of drug-likeness (QED) is 0.512. The molecule has 1 aliphatic rings. The predicted molar refractivity (Wildman–Crippen MR) is 117 cm³/mol. The Morgan fingerprint density at radius 1 is 1.16 bits per heavy atom. The van der Waals surface area contributed by atoms with Gasteiger partial charge in [-0.1, -0.05) is 42.5 Å². The lowest BCUT2D eigenvalue weighted by molar-refractivity contribution is -0.125. The third-order valence-corrected chi connectivity index (χ3v) is 5.17. The summed E-state index contributed by atoms with van der Waals surface area (Å²) in [5.74, 6) is 1.54. The second kappa shape index (κ2) is 10.1. The second-order valence-electron chi connectivity index (χ2n) is 7.35. The maximum atomic E-state index is 12.7. The number of fused-ring (bicyclic) bond motifs is 1. The Balaban J connectivity index is 1.33. The van der Waals surface area contributed by atoms with Crippen LogP contribution in [0, 0.1) is 0 Å². The number of hydrogen-bond acceptors (Lipinski definition) is 6. The van der Waals surface area contributed by atoms with E-state index >= 15 is 0 Å². The predicted octanol–water partition coefficient (Wildman–Crippen LogP) is 1.76. The molecule has 168 valence electrons. The van der Waals surface area contributed by atoms with Crippen molar-refractivity contribution in [1.82, 2.24) is 19.7 Å². The van der Waals surface area contributed by atoms with Gasteiger partial charge in [-0.15, -0.1) is 0 Å². The minimum absolute atomic E-state index is 0.0798. The van der Waals surface area contributed by atoms with Crippen LogP contribution in [-0.4, -0.2) is 47.1 Å². The molecule has 0 saturated carbocycles. The Labute approximate surface area is 185 Å². The van der Waals surface area contributed by atoms with Crippen molar-refractivity contribution in [2.75, 3.05) is 26.9 Å². The van der Waals surface area contributed by atoms with Gasteiger partial charge in [0.1, 0.15) is 12.7 Å². The molecule has 0 saturated heterocycles. The molecule has 32 heavy (non-hydrogen) atoms. The molecule has 0 spiro atoms. The second-order valence-corrected chi connectivity index (χ2v) is 7.35. The summed E-state index contributed by atoms with van der Waals surface area (Å²) >= 11 is 0. The molecular formula is C23H26N4O5. The van der Waals surface area contributed by atoms with Crippen molar-refractivity contribution in [3.63, 3.8) is 0 Å². The molecule has 0 fully saturated rings. The molecule has 2 heterocycles. The molecular weight excluding hydrogens is 412 g/mol. The van der Waals surface area contributed by atoms with Crippen molar-refractivity contribution in [3.05, 3.63) is 76.5 Å². The van der Waals surface area contributed by atoms with Crippen LogP contribution in [0.25, 0.3) is 0 Å². The lowest BCUT2D eigenvalue weighted by atomic mass is 10.2. The van der Waals surface area contributed by atoms with Gasteiger partial charge in [-0.3, -0.25) is 9.36 Å². The van der Waals surface area contributed by atoms with E-state index in [9.17, 15) is 9.59 Å². The summed E-state index contributed by atoms with van der Waals surface area (Å²) in [7, 11) is 1.58. The highest BCUT2D eigenvalue weighted by Crippen LogP contribution is 2.25. The SMILES string of the molecule is COc1ccccc1OCCNC(=O)CC1OCCn2c1nn(Cc1ccccc1)c2=O. The van der Waals surface area contributed by atoms with Crippen molar-refractivity contribution in [3.8, 4) is 11.5 Å². The number of ether oxygens (including phenoxy) is 3. The van der Waals surface area contributed by atoms with Crippen molar-refractivity contribution in [2.24, 2.45) is 0 Å². The Kier molecular flexibility index (Phi) is 6.86. The molecule has 1 aliphatic heterocycles. The fourth-order valence-electron chi connectivity index (χ4n) is 3.61. The summed E-state index contributed by atoms with van der Waals surface area (Å²) < 4.78 is 19.7. The van der Waals surface area contributed by atoms with Gasteiger partial charge in [-0.25, -0.2) is 9.48 Å². The normalized spacial score (nSPS) is 15.1. The highest BCUT2D eigenvalue weighted by molar-refractivity contribution is 5.76. The molecule has 0 bridgehead atoms. The lowest BCUT2D eigenvalue weighted by Crippen LogP contribution is -2.34. The topological polar surface area (TPSA) is 96.6 Å². The van der Waals surface area contributed by atoms with Crippen LogP contribution < -0.4 is 20.5 Å². The number of nitrogens with zero attached hydrogens (tertiary/aromatic N) is 3. The molecule has 0 aliphatic carbocycles. The summed E-state index contributed by atoms with van der Waals surface area (Å²) in [4.78, 5) is 25.2. The highest BCUT2D eigenvalue weighted by atomic mass is 16.5. The molecule has 9 heteroatoms. The fraction of sp³-hybridized carbons (Fsp3) is 0.348. The number of amides is 1. The van der Waals surface area contributed by atoms with Gasteiger partial charge >= 0.3 is 5.69 Å². The summed E-state index contributed by atoms with van der Waals surface area (Å²) in [6, 6.07) is 17.0. The number of benzene rings is 2. The van der Waals surface area contributed by atoms with Crippen LogP contribution in [0.4, 0.5) is 0 Å². The summed E-state index contributed by atoms with van der Waals surface area (Å²) in [5.41, 5.74) is 0.790. The first-order valence-electron chi connectivity index (χ1n) is 10.5. The summed E-state index contributed by atoms with van der Waals surface area (Å²) in [6.45, 7) is 1.79. The van der Waals surface area contributed by atoms with Gasteiger partial charge in [0.05, 0.1) is 39.8 Å². The van der Waals surface area contributed by atoms with Crippen LogP contribution in [0.5, 0.6) is 11.5 Å². The van der Waals surface area contributed by atoms with Crippen molar-refractivity contribution >= 4 is 5.91 Å². The maximum Gasteiger partial charge on any atom is 0.346 e. The van der Waals surface area contributed by atoms with Crippen LogP contribution >= 0.6 is 0 Å². The number of para-hydroxylation sites is 2. The Bertz CT molecular complexity index is 1110. The fourth-order valence-corrected chi connectivity index (χ4v) is 3.61. The van der Waals surface area contributed by atoms with E-state index < -0.39 is 6.10 Å². The first kappa shape index (κ1) is 21.6. The van der Waals surface area contributed by atoms with Crippen molar-refractivity contribution in [2.45, 2.75) is 25.6 Å². The maximum absolute atomic E-state index is 12.7. The number of aromatic nitrogens is 3. The summed E-state index contributed by atoms with van der Waals surface area (Å²) in [5, 5.41) is 7.28. The van der Waals surface area contributed by atoms with E-state index in [1.165, 1.54) is 4.68 Å². The van der Waals surface area contributed by atoms with E-state index in [-0.39, 0.29) is 18.0 Å². The number of nitrogens with one attached hydrogen (secondary N) is 1. The zero-order chi connectivity index (χ0) is 22.3. The van der Waals surface area contributed by atoms with Gasteiger partial charge in [-0.05, 0) is 17.7 Å². The van der Waals surface area contributed by atoms with Gasteiger partial charge in [0.15, 0.2) is 17.3 Å². The molecule has 1 unspecified atom stereocenters. The van der Waals surface area contributed by atoms with Crippen molar-refractivity contribution < 1.29 is 19.0 Å². The van der Waals surface area contributed by atoms with Crippen LogP contribution in [0.3, 0.4) is 0 Å².